The summed E-state index contributed by atoms with van der Waals surface area (Å²) in [7, 11) is 0. The third-order valence-electron chi connectivity index (χ3n) is 3.81. The van der Waals surface area contributed by atoms with Gasteiger partial charge < -0.3 is 9.84 Å². The molecule has 0 radical (unpaired) electrons. The fourth-order valence-corrected chi connectivity index (χ4v) is 2.74. The van der Waals surface area contributed by atoms with E-state index >= 15 is 0 Å². The molecule has 3 nitrogen and oxygen atoms in total. The van der Waals surface area contributed by atoms with Gasteiger partial charge in [0.2, 0.25) is 0 Å². The van der Waals surface area contributed by atoms with Gasteiger partial charge in [0.1, 0.15) is 29.8 Å². The first-order valence-corrected chi connectivity index (χ1v) is 6.45. The zero-order valence-corrected chi connectivity index (χ0v) is 10.7. The van der Waals surface area contributed by atoms with E-state index < -0.39 is 49.3 Å². The number of rotatable bonds is 3. The van der Waals surface area contributed by atoms with E-state index in [1.165, 1.54) is 0 Å². The number of aromatic nitrogens is 1. The Bertz CT molecular complexity index is 558. The summed E-state index contributed by atoms with van der Waals surface area (Å²) in [5, 5.41) is 9.67. The van der Waals surface area contributed by atoms with Crippen molar-refractivity contribution in [2.24, 2.45) is 0 Å². The molecule has 3 rings (SSSR count). The topological polar surface area (TPSA) is 42.4 Å². The third kappa shape index (κ3) is 2.45. The summed E-state index contributed by atoms with van der Waals surface area (Å²) < 4.78 is 70.1. The van der Waals surface area contributed by atoms with Gasteiger partial charge in [0.05, 0.1) is 6.20 Å². The second-order valence-electron chi connectivity index (χ2n) is 5.37. The van der Waals surface area contributed by atoms with Crippen LogP contribution in [0.2, 0.25) is 0 Å². The van der Waals surface area contributed by atoms with Gasteiger partial charge in [-0.2, -0.15) is 0 Å². The smallest absolute Gasteiger partial charge is 0.280 e. The standard InChI is InChI=1S/C13H12F5NO2/c14-7-1-6-8(21-5-2-13(17,18)3-5)4-19-10(12(15)16)9(6)11(7)20/h4-5,7,11-12,20H,1-3H2/t7-,11-/m1/s1. The largest absolute Gasteiger partial charge is 0.488 e. The first-order chi connectivity index (χ1) is 9.78. The minimum Gasteiger partial charge on any atom is -0.488 e. The second-order valence-corrected chi connectivity index (χ2v) is 5.37. The van der Waals surface area contributed by atoms with E-state index in [2.05, 4.69) is 4.98 Å². The number of aliphatic hydroxyl groups excluding tert-OH is 1. The van der Waals surface area contributed by atoms with Crippen LogP contribution in [0, 0.1) is 0 Å². The number of ether oxygens (including phenoxy) is 1. The lowest BCUT2D eigenvalue weighted by atomic mass is 9.91. The molecule has 116 valence electrons. The van der Waals surface area contributed by atoms with Crippen LogP contribution < -0.4 is 4.74 Å². The van der Waals surface area contributed by atoms with E-state index in [0.717, 1.165) is 6.20 Å². The van der Waals surface area contributed by atoms with Crippen LogP contribution in [0.15, 0.2) is 6.20 Å². The number of halogens is 5. The molecular formula is C13H12F5NO2. The van der Waals surface area contributed by atoms with Crippen molar-refractivity contribution in [1.82, 2.24) is 4.98 Å². The number of aliphatic hydroxyl groups is 1. The van der Waals surface area contributed by atoms with Crippen LogP contribution in [0.3, 0.4) is 0 Å². The molecule has 21 heavy (non-hydrogen) atoms. The molecule has 0 saturated heterocycles. The van der Waals surface area contributed by atoms with Gasteiger partial charge in [-0.3, -0.25) is 4.98 Å². The normalized spacial score (nSPS) is 27.6. The lowest BCUT2D eigenvalue weighted by molar-refractivity contribution is -0.134. The summed E-state index contributed by atoms with van der Waals surface area (Å²) in [6, 6.07) is 0. The fraction of sp³-hybridized carbons (Fsp3) is 0.615. The van der Waals surface area contributed by atoms with Crippen LogP contribution in [-0.4, -0.2) is 28.3 Å². The highest BCUT2D eigenvalue weighted by atomic mass is 19.3. The highest BCUT2D eigenvalue weighted by molar-refractivity contribution is 5.47. The monoisotopic (exact) mass is 309 g/mol. The van der Waals surface area contributed by atoms with Crippen LogP contribution in [0.1, 0.15) is 42.2 Å². The molecule has 0 spiro atoms. The molecule has 1 aromatic heterocycles. The average molecular weight is 309 g/mol. The molecule has 0 bridgehead atoms. The summed E-state index contributed by atoms with van der Waals surface area (Å²) >= 11 is 0. The molecule has 2 aliphatic rings. The van der Waals surface area contributed by atoms with Crippen LogP contribution in [-0.2, 0) is 6.42 Å². The fourth-order valence-electron chi connectivity index (χ4n) is 2.74. The lowest BCUT2D eigenvalue weighted by Crippen LogP contribution is -2.43. The molecule has 1 fully saturated rings. The molecular weight excluding hydrogens is 297 g/mol. The summed E-state index contributed by atoms with van der Waals surface area (Å²) in [4.78, 5) is 3.49. The Morgan fingerprint density at radius 1 is 1.33 bits per heavy atom. The molecule has 0 aromatic carbocycles. The van der Waals surface area contributed by atoms with Gasteiger partial charge in [-0.25, -0.2) is 22.0 Å². The van der Waals surface area contributed by atoms with Crippen molar-refractivity contribution in [2.75, 3.05) is 0 Å². The molecule has 0 amide bonds. The maximum Gasteiger partial charge on any atom is 0.280 e. The van der Waals surface area contributed by atoms with E-state index in [4.69, 9.17) is 4.74 Å². The molecule has 8 heteroatoms. The van der Waals surface area contributed by atoms with E-state index in [1.807, 2.05) is 0 Å². The Hall–Kier alpha value is -1.44. The summed E-state index contributed by atoms with van der Waals surface area (Å²) in [5.41, 5.74) is -0.875. The first kappa shape index (κ1) is 14.5. The van der Waals surface area contributed by atoms with Crippen LogP contribution in [0.4, 0.5) is 22.0 Å². The quantitative estimate of drug-likeness (QED) is 0.872. The molecule has 2 aliphatic carbocycles. The predicted molar refractivity (Wildman–Crippen MR) is 61.4 cm³/mol. The highest BCUT2D eigenvalue weighted by Crippen LogP contribution is 2.45. The van der Waals surface area contributed by atoms with Gasteiger partial charge in [-0.15, -0.1) is 0 Å². The SMILES string of the molecule is O[C@H]1c2c(C(F)F)ncc(OC3CC(F)(F)C3)c2C[C@H]1F. The lowest BCUT2D eigenvalue weighted by Gasteiger charge is -2.35. The molecule has 1 N–H and O–H groups in total. The maximum absolute atomic E-state index is 13.6. The Morgan fingerprint density at radius 2 is 2.00 bits per heavy atom. The number of pyridine rings is 1. The van der Waals surface area contributed by atoms with Crippen molar-refractivity contribution in [3.63, 3.8) is 0 Å². The number of hydrogen-bond acceptors (Lipinski definition) is 3. The van der Waals surface area contributed by atoms with E-state index in [-0.39, 0.29) is 23.3 Å². The minimum absolute atomic E-state index is 0.00546. The molecule has 0 unspecified atom stereocenters. The van der Waals surface area contributed by atoms with Gasteiger partial charge in [-0.05, 0) is 0 Å². The zero-order chi connectivity index (χ0) is 15.4. The van der Waals surface area contributed by atoms with Crippen molar-refractivity contribution in [3.05, 3.63) is 23.0 Å². The summed E-state index contributed by atoms with van der Waals surface area (Å²) in [6.07, 6.45) is -7.38. The van der Waals surface area contributed by atoms with E-state index in [0.29, 0.717) is 0 Å². The molecule has 0 aliphatic heterocycles. The van der Waals surface area contributed by atoms with Gasteiger partial charge >= 0.3 is 0 Å². The highest BCUT2D eigenvalue weighted by Gasteiger charge is 2.48. The van der Waals surface area contributed by atoms with Crippen molar-refractivity contribution in [2.45, 2.75) is 50.0 Å². The number of hydrogen-bond donors (Lipinski definition) is 1. The molecule has 2 atom stereocenters. The first-order valence-electron chi connectivity index (χ1n) is 6.45. The summed E-state index contributed by atoms with van der Waals surface area (Å²) in [6.45, 7) is 0. The van der Waals surface area contributed by atoms with Gasteiger partial charge in [0, 0.05) is 30.4 Å². The van der Waals surface area contributed by atoms with Gasteiger partial charge in [-0.1, -0.05) is 0 Å². The number of fused-ring (bicyclic) bond motifs is 1. The van der Waals surface area contributed by atoms with Crippen molar-refractivity contribution >= 4 is 0 Å². The number of nitrogens with zero attached hydrogens (tertiary/aromatic N) is 1. The van der Waals surface area contributed by atoms with Crippen LogP contribution in [0.5, 0.6) is 5.75 Å². The van der Waals surface area contributed by atoms with E-state index in [1.54, 1.807) is 0 Å². The Kier molecular flexibility index (Phi) is 3.31. The van der Waals surface area contributed by atoms with Crippen molar-refractivity contribution in [1.29, 1.82) is 0 Å². The van der Waals surface area contributed by atoms with Crippen molar-refractivity contribution in [3.8, 4) is 5.75 Å². The summed E-state index contributed by atoms with van der Waals surface area (Å²) in [5.74, 6) is -2.79. The Labute approximate surface area is 116 Å². The Morgan fingerprint density at radius 3 is 2.57 bits per heavy atom. The van der Waals surface area contributed by atoms with Crippen molar-refractivity contribution < 1.29 is 31.8 Å². The molecule has 1 heterocycles. The van der Waals surface area contributed by atoms with Gasteiger partial charge in [0.25, 0.3) is 12.3 Å². The van der Waals surface area contributed by atoms with Gasteiger partial charge in [0.15, 0.2) is 0 Å². The van der Waals surface area contributed by atoms with Crippen LogP contribution in [0.25, 0.3) is 0 Å². The Balaban J connectivity index is 1.90. The average Bonchev–Trinajstić information content (AvgIpc) is 2.64. The molecule has 1 aromatic rings. The number of alkyl halides is 5. The predicted octanol–water partition coefficient (Wildman–Crippen LogP) is 3.12. The van der Waals surface area contributed by atoms with Crippen LogP contribution >= 0.6 is 0 Å². The zero-order valence-electron chi connectivity index (χ0n) is 10.7. The minimum atomic E-state index is -2.96. The van der Waals surface area contributed by atoms with E-state index in [9.17, 15) is 27.1 Å². The molecule has 1 saturated carbocycles. The maximum atomic E-state index is 13.6. The third-order valence-corrected chi connectivity index (χ3v) is 3.81. The second kappa shape index (κ2) is 4.79.